The van der Waals surface area contributed by atoms with Gasteiger partial charge in [0.1, 0.15) is 0 Å². The number of piperazine rings is 2. The zero-order chi connectivity index (χ0) is 12.3. The lowest BCUT2D eigenvalue weighted by molar-refractivity contribution is 0.0328. The van der Waals surface area contributed by atoms with Crippen LogP contribution < -0.4 is 5.32 Å². The second-order valence-corrected chi connectivity index (χ2v) is 6.13. The fourth-order valence-electron chi connectivity index (χ4n) is 2.93. The Morgan fingerprint density at radius 3 is 2.12 bits per heavy atom. The molecule has 100 valence electrons. The average molecular weight is 240 g/mol. The van der Waals surface area contributed by atoms with Gasteiger partial charge in [0.15, 0.2) is 0 Å². The number of nitrogens with zero attached hydrogens (tertiary/aromatic N) is 3. The first-order chi connectivity index (χ1) is 8.08. The van der Waals surface area contributed by atoms with E-state index in [4.69, 9.17) is 0 Å². The van der Waals surface area contributed by atoms with Crippen molar-refractivity contribution in [2.24, 2.45) is 0 Å². The minimum atomic E-state index is 0.318. The molecule has 4 nitrogen and oxygen atoms in total. The van der Waals surface area contributed by atoms with E-state index in [-0.39, 0.29) is 0 Å². The van der Waals surface area contributed by atoms with Crippen LogP contribution in [-0.4, -0.2) is 86.2 Å². The molecule has 4 heteroatoms. The first kappa shape index (κ1) is 13.3. The molecule has 0 spiro atoms. The predicted octanol–water partition coefficient (Wildman–Crippen LogP) is -0.0824. The van der Waals surface area contributed by atoms with Gasteiger partial charge in [0, 0.05) is 64.4 Å². The molecule has 2 rings (SSSR count). The lowest BCUT2D eigenvalue weighted by atomic mass is 10.00. The topological polar surface area (TPSA) is 21.8 Å². The molecule has 0 aliphatic carbocycles. The largest absolute Gasteiger partial charge is 0.314 e. The molecule has 0 bridgehead atoms. The Morgan fingerprint density at radius 1 is 0.941 bits per heavy atom. The highest BCUT2D eigenvalue weighted by atomic mass is 15.3. The maximum Gasteiger partial charge on any atom is 0.0281 e. The highest BCUT2D eigenvalue weighted by Gasteiger charge is 2.31. The highest BCUT2D eigenvalue weighted by Crippen LogP contribution is 2.18. The van der Waals surface area contributed by atoms with E-state index >= 15 is 0 Å². The maximum atomic E-state index is 3.42. The Morgan fingerprint density at radius 2 is 1.53 bits per heavy atom. The van der Waals surface area contributed by atoms with Crippen LogP contribution in [0.15, 0.2) is 0 Å². The van der Waals surface area contributed by atoms with Crippen LogP contribution in [0.4, 0.5) is 0 Å². The molecule has 2 aliphatic rings. The summed E-state index contributed by atoms with van der Waals surface area (Å²) in [5.41, 5.74) is 0.318. The van der Waals surface area contributed by atoms with Gasteiger partial charge in [0.05, 0.1) is 0 Å². The molecule has 0 unspecified atom stereocenters. The second kappa shape index (κ2) is 5.65. The summed E-state index contributed by atoms with van der Waals surface area (Å²) in [6.45, 7) is 15.6. The zero-order valence-corrected chi connectivity index (χ0v) is 11.7. The van der Waals surface area contributed by atoms with E-state index in [1.807, 2.05) is 0 Å². The smallest absolute Gasteiger partial charge is 0.0281 e. The maximum absolute atomic E-state index is 3.42. The van der Waals surface area contributed by atoms with Gasteiger partial charge in [0.25, 0.3) is 0 Å². The fourth-order valence-corrected chi connectivity index (χ4v) is 2.93. The van der Waals surface area contributed by atoms with E-state index in [0.717, 1.165) is 13.1 Å². The Labute approximate surface area is 106 Å². The normalized spacial score (nSPS) is 26.3. The third kappa shape index (κ3) is 3.65. The Hall–Kier alpha value is -0.160. The van der Waals surface area contributed by atoms with Crippen LogP contribution >= 0.6 is 0 Å². The van der Waals surface area contributed by atoms with Gasteiger partial charge in [0.2, 0.25) is 0 Å². The summed E-state index contributed by atoms with van der Waals surface area (Å²) < 4.78 is 0. The van der Waals surface area contributed by atoms with Crippen molar-refractivity contribution in [3.05, 3.63) is 0 Å². The van der Waals surface area contributed by atoms with Crippen LogP contribution in [0.2, 0.25) is 0 Å². The van der Waals surface area contributed by atoms with Gasteiger partial charge in [-0.3, -0.25) is 9.80 Å². The van der Waals surface area contributed by atoms with Gasteiger partial charge >= 0.3 is 0 Å². The molecule has 2 fully saturated rings. The van der Waals surface area contributed by atoms with Crippen molar-refractivity contribution in [1.29, 1.82) is 0 Å². The van der Waals surface area contributed by atoms with Crippen LogP contribution in [0, 0.1) is 0 Å². The molecule has 0 saturated carbocycles. The summed E-state index contributed by atoms with van der Waals surface area (Å²) in [5, 5.41) is 3.42. The zero-order valence-electron chi connectivity index (χ0n) is 11.7. The SMILES string of the molecule is CN1CCN(C(C)(C)CN2CCNCC2)CC1. The third-order valence-corrected chi connectivity index (χ3v) is 4.18. The molecular weight excluding hydrogens is 212 g/mol. The Kier molecular flexibility index (Phi) is 4.42. The fraction of sp³-hybridized carbons (Fsp3) is 1.00. The molecule has 0 amide bonds. The molecule has 0 radical (unpaired) electrons. The summed E-state index contributed by atoms with van der Waals surface area (Å²) in [7, 11) is 2.22. The van der Waals surface area contributed by atoms with Gasteiger partial charge in [-0.1, -0.05) is 0 Å². The van der Waals surface area contributed by atoms with E-state index in [9.17, 15) is 0 Å². The van der Waals surface area contributed by atoms with Crippen molar-refractivity contribution in [3.8, 4) is 0 Å². The van der Waals surface area contributed by atoms with E-state index in [0.29, 0.717) is 5.54 Å². The first-order valence-corrected chi connectivity index (χ1v) is 6.95. The molecule has 0 aromatic rings. The second-order valence-electron chi connectivity index (χ2n) is 6.13. The van der Waals surface area contributed by atoms with Crippen molar-refractivity contribution in [2.75, 3.05) is 66.0 Å². The van der Waals surface area contributed by atoms with Crippen LogP contribution in [0.1, 0.15) is 13.8 Å². The molecule has 2 heterocycles. The lowest BCUT2D eigenvalue weighted by Crippen LogP contribution is -2.59. The van der Waals surface area contributed by atoms with E-state index in [1.54, 1.807) is 0 Å². The van der Waals surface area contributed by atoms with Crippen molar-refractivity contribution >= 4 is 0 Å². The molecular formula is C13H28N4. The number of hydrogen-bond donors (Lipinski definition) is 1. The number of likely N-dealkylation sites (N-methyl/N-ethyl adjacent to an activating group) is 1. The lowest BCUT2D eigenvalue weighted by Gasteiger charge is -2.46. The summed E-state index contributed by atoms with van der Waals surface area (Å²) in [6.07, 6.45) is 0. The van der Waals surface area contributed by atoms with Gasteiger partial charge < -0.3 is 10.2 Å². The van der Waals surface area contributed by atoms with Crippen LogP contribution in [0.5, 0.6) is 0 Å². The Balaban J connectivity index is 1.84. The third-order valence-electron chi connectivity index (χ3n) is 4.18. The molecule has 2 aliphatic heterocycles. The van der Waals surface area contributed by atoms with Crippen LogP contribution in [0.3, 0.4) is 0 Å². The van der Waals surface area contributed by atoms with Crippen molar-refractivity contribution < 1.29 is 0 Å². The molecule has 2 saturated heterocycles. The Bertz CT molecular complexity index is 228. The van der Waals surface area contributed by atoms with Gasteiger partial charge in [-0.15, -0.1) is 0 Å². The standard InChI is InChI=1S/C13H28N4/c1-13(2,12-16-6-4-14-5-7-16)17-10-8-15(3)9-11-17/h14H,4-12H2,1-3H3. The monoisotopic (exact) mass is 240 g/mol. The number of hydrogen-bond acceptors (Lipinski definition) is 4. The van der Waals surface area contributed by atoms with E-state index in [1.165, 1.54) is 45.8 Å². The minimum absolute atomic E-state index is 0.318. The average Bonchev–Trinajstić information content (AvgIpc) is 2.30. The summed E-state index contributed by atoms with van der Waals surface area (Å²) >= 11 is 0. The summed E-state index contributed by atoms with van der Waals surface area (Å²) in [5.74, 6) is 0. The predicted molar refractivity (Wildman–Crippen MR) is 72.5 cm³/mol. The van der Waals surface area contributed by atoms with Gasteiger partial charge in [-0.25, -0.2) is 0 Å². The molecule has 0 atom stereocenters. The highest BCUT2D eigenvalue weighted by molar-refractivity contribution is 4.88. The minimum Gasteiger partial charge on any atom is -0.314 e. The number of nitrogens with one attached hydrogen (secondary N) is 1. The van der Waals surface area contributed by atoms with Gasteiger partial charge in [-0.05, 0) is 20.9 Å². The number of rotatable bonds is 3. The van der Waals surface area contributed by atoms with Crippen molar-refractivity contribution in [3.63, 3.8) is 0 Å². The van der Waals surface area contributed by atoms with Gasteiger partial charge in [-0.2, -0.15) is 0 Å². The molecule has 1 N–H and O–H groups in total. The van der Waals surface area contributed by atoms with Crippen molar-refractivity contribution in [1.82, 2.24) is 20.0 Å². The first-order valence-electron chi connectivity index (χ1n) is 6.95. The van der Waals surface area contributed by atoms with Crippen molar-refractivity contribution in [2.45, 2.75) is 19.4 Å². The van der Waals surface area contributed by atoms with E-state index in [2.05, 4.69) is 40.9 Å². The van der Waals surface area contributed by atoms with Crippen LogP contribution in [-0.2, 0) is 0 Å². The molecule has 0 aromatic heterocycles. The summed E-state index contributed by atoms with van der Waals surface area (Å²) in [6, 6.07) is 0. The van der Waals surface area contributed by atoms with Crippen LogP contribution in [0.25, 0.3) is 0 Å². The molecule has 17 heavy (non-hydrogen) atoms. The molecule has 0 aromatic carbocycles. The summed E-state index contributed by atoms with van der Waals surface area (Å²) in [4.78, 5) is 7.70. The quantitative estimate of drug-likeness (QED) is 0.745. The van der Waals surface area contributed by atoms with E-state index < -0.39 is 0 Å².